The largest absolute Gasteiger partial charge is 0.503 e. The van der Waals surface area contributed by atoms with Crippen LogP contribution in [0.25, 0.3) is 0 Å². The molecule has 0 aliphatic carbocycles. The summed E-state index contributed by atoms with van der Waals surface area (Å²) in [5, 5.41) is 11.2. The Hall–Kier alpha value is -3.31. The lowest BCUT2D eigenvalue weighted by molar-refractivity contribution is -0.118. The van der Waals surface area contributed by atoms with E-state index in [1.807, 2.05) is 37.3 Å². The molecule has 3 aromatic rings. The number of nitrogens with zero attached hydrogens (tertiary/aromatic N) is 1. The van der Waals surface area contributed by atoms with E-state index < -0.39 is 17.7 Å². The minimum absolute atomic E-state index is 0.0481. The van der Waals surface area contributed by atoms with Gasteiger partial charge in [0.2, 0.25) is 0 Å². The Kier molecular flexibility index (Phi) is 5.70. The molecule has 1 unspecified atom stereocenters. The van der Waals surface area contributed by atoms with E-state index in [0.717, 1.165) is 11.1 Å². The van der Waals surface area contributed by atoms with Gasteiger partial charge in [-0.3, -0.25) is 14.5 Å². The first-order valence-electron chi connectivity index (χ1n) is 10.0. The lowest BCUT2D eigenvalue weighted by Gasteiger charge is -2.25. The second kappa shape index (κ2) is 8.44. The minimum atomic E-state index is -0.858. The number of carbonyl (C=O) groups is 2. The normalized spacial score (nSPS) is 16.3. The number of hydrogen-bond donors (Lipinski definition) is 1. The first kappa shape index (κ1) is 20.9. The predicted octanol–water partition coefficient (Wildman–Crippen LogP) is 5.65. The number of anilines is 1. The Morgan fingerprint density at radius 2 is 1.84 bits per heavy atom. The van der Waals surface area contributed by atoms with Gasteiger partial charge in [0.15, 0.2) is 11.5 Å². The number of benzene rings is 2. The molecular formula is C25H22ClNO4. The molecule has 158 valence electrons. The number of Topliss-reactive ketones (excluding diaryl/α,β-unsaturated/α-hetero) is 1. The number of amides is 1. The molecule has 2 heterocycles. The molecule has 31 heavy (non-hydrogen) atoms. The van der Waals surface area contributed by atoms with Gasteiger partial charge in [-0.25, -0.2) is 0 Å². The maximum absolute atomic E-state index is 13.2. The Bertz CT molecular complexity index is 1180. The smallest absolute Gasteiger partial charge is 0.294 e. The molecule has 1 aliphatic heterocycles. The first-order chi connectivity index (χ1) is 14.9. The van der Waals surface area contributed by atoms with Gasteiger partial charge in [0.25, 0.3) is 5.91 Å². The van der Waals surface area contributed by atoms with E-state index in [-0.39, 0.29) is 17.8 Å². The van der Waals surface area contributed by atoms with Gasteiger partial charge >= 0.3 is 0 Å². The van der Waals surface area contributed by atoms with E-state index in [4.69, 9.17) is 16.0 Å². The van der Waals surface area contributed by atoms with Gasteiger partial charge in [-0.1, -0.05) is 48.0 Å². The number of furan rings is 1. The number of rotatable bonds is 6. The molecule has 1 atom stereocenters. The summed E-state index contributed by atoms with van der Waals surface area (Å²) in [6.45, 7) is 3.65. The minimum Gasteiger partial charge on any atom is -0.503 e. The summed E-state index contributed by atoms with van der Waals surface area (Å²) in [4.78, 5) is 27.6. The molecule has 1 amide bonds. The fourth-order valence-corrected chi connectivity index (χ4v) is 3.97. The monoisotopic (exact) mass is 435 g/mol. The van der Waals surface area contributed by atoms with Crippen LogP contribution in [0.4, 0.5) is 5.69 Å². The average Bonchev–Trinajstić information content (AvgIpc) is 3.30. The van der Waals surface area contributed by atoms with Gasteiger partial charge in [0.1, 0.15) is 17.6 Å². The van der Waals surface area contributed by atoms with Crippen molar-refractivity contribution in [3.05, 3.63) is 99.7 Å². The third kappa shape index (κ3) is 4.01. The fourth-order valence-electron chi connectivity index (χ4n) is 3.79. The van der Waals surface area contributed by atoms with Gasteiger partial charge < -0.3 is 9.52 Å². The van der Waals surface area contributed by atoms with Crippen LogP contribution >= 0.6 is 11.6 Å². The van der Waals surface area contributed by atoms with Crippen LogP contribution in [0.5, 0.6) is 0 Å². The summed E-state index contributed by atoms with van der Waals surface area (Å²) in [7, 11) is 0. The molecule has 1 N–H and O–H groups in total. The van der Waals surface area contributed by atoms with E-state index in [9.17, 15) is 14.7 Å². The molecule has 6 heteroatoms. The predicted molar refractivity (Wildman–Crippen MR) is 119 cm³/mol. The first-order valence-corrected chi connectivity index (χ1v) is 10.4. The third-order valence-electron chi connectivity index (χ3n) is 5.46. The van der Waals surface area contributed by atoms with Crippen LogP contribution in [0.1, 0.15) is 35.1 Å². The lowest BCUT2D eigenvalue weighted by atomic mass is 9.96. The standard InChI is InChI=1S/C25H22ClNO4/c1-15-8-11-18(14-19(15)26)27-23(21-13-9-16(2)31-21)22(24(29)25(27)30)20(28)12-10-17-6-4-3-5-7-17/h3-9,11,13-14,23,29H,10,12H2,1-2H3. The molecule has 1 aliphatic rings. The topological polar surface area (TPSA) is 70.8 Å². The van der Waals surface area contributed by atoms with Crippen molar-refractivity contribution in [2.24, 2.45) is 0 Å². The number of carbonyl (C=O) groups excluding carboxylic acids is 2. The highest BCUT2D eigenvalue weighted by atomic mass is 35.5. The van der Waals surface area contributed by atoms with Crippen molar-refractivity contribution in [1.29, 1.82) is 0 Å². The molecule has 0 fully saturated rings. The molecule has 1 aromatic heterocycles. The third-order valence-corrected chi connectivity index (χ3v) is 5.86. The zero-order valence-electron chi connectivity index (χ0n) is 17.3. The fraction of sp³-hybridized carbons (Fsp3) is 0.200. The van der Waals surface area contributed by atoms with Crippen molar-refractivity contribution in [2.45, 2.75) is 32.7 Å². The number of aryl methyl sites for hydroxylation is 3. The number of hydrogen-bond acceptors (Lipinski definition) is 4. The molecule has 2 aromatic carbocycles. The summed E-state index contributed by atoms with van der Waals surface area (Å²) >= 11 is 6.29. The molecule has 0 radical (unpaired) electrons. The summed E-state index contributed by atoms with van der Waals surface area (Å²) in [6, 6.07) is 17.4. The van der Waals surface area contributed by atoms with E-state index in [1.165, 1.54) is 4.90 Å². The molecular weight excluding hydrogens is 414 g/mol. The van der Waals surface area contributed by atoms with Gasteiger partial charge in [-0.2, -0.15) is 0 Å². The summed E-state index contributed by atoms with van der Waals surface area (Å²) in [6.07, 6.45) is 0.667. The van der Waals surface area contributed by atoms with Crippen molar-refractivity contribution in [3.8, 4) is 0 Å². The maximum Gasteiger partial charge on any atom is 0.294 e. The number of aliphatic hydroxyl groups is 1. The Balaban J connectivity index is 1.72. The molecule has 0 spiro atoms. The Morgan fingerprint density at radius 1 is 1.10 bits per heavy atom. The Morgan fingerprint density at radius 3 is 2.48 bits per heavy atom. The van der Waals surface area contributed by atoms with Crippen LogP contribution in [0.15, 0.2) is 76.4 Å². The van der Waals surface area contributed by atoms with Crippen molar-refractivity contribution in [1.82, 2.24) is 0 Å². The Labute approximate surface area is 185 Å². The molecule has 4 rings (SSSR count). The molecule has 0 bridgehead atoms. The van der Waals surface area contributed by atoms with Crippen LogP contribution in [-0.4, -0.2) is 16.8 Å². The van der Waals surface area contributed by atoms with Crippen LogP contribution in [0.2, 0.25) is 5.02 Å². The van der Waals surface area contributed by atoms with Crippen LogP contribution in [-0.2, 0) is 16.0 Å². The zero-order valence-corrected chi connectivity index (χ0v) is 18.0. The van der Waals surface area contributed by atoms with E-state index in [2.05, 4.69) is 0 Å². The van der Waals surface area contributed by atoms with Gasteiger partial charge in [-0.05, 0) is 55.7 Å². The van der Waals surface area contributed by atoms with Gasteiger partial charge in [0, 0.05) is 17.1 Å². The van der Waals surface area contributed by atoms with Crippen molar-refractivity contribution in [2.75, 3.05) is 4.90 Å². The van der Waals surface area contributed by atoms with Crippen molar-refractivity contribution in [3.63, 3.8) is 0 Å². The van der Waals surface area contributed by atoms with E-state index in [1.54, 1.807) is 37.3 Å². The lowest BCUT2D eigenvalue weighted by Crippen LogP contribution is -2.30. The van der Waals surface area contributed by atoms with Crippen molar-refractivity contribution >= 4 is 29.0 Å². The van der Waals surface area contributed by atoms with Crippen LogP contribution in [0, 0.1) is 13.8 Å². The van der Waals surface area contributed by atoms with Crippen LogP contribution < -0.4 is 4.90 Å². The molecule has 0 saturated carbocycles. The zero-order chi connectivity index (χ0) is 22.1. The maximum atomic E-state index is 13.2. The van der Waals surface area contributed by atoms with Crippen molar-refractivity contribution < 1.29 is 19.1 Å². The highest BCUT2D eigenvalue weighted by Crippen LogP contribution is 2.42. The summed E-state index contributed by atoms with van der Waals surface area (Å²) in [5.41, 5.74) is 2.40. The second-order valence-corrected chi connectivity index (χ2v) is 8.04. The van der Waals surface area contributed by atoms with E-state index in [0.29, 0.717) is 28.7 Å². The quantitative estimate of drug-likeness (QED) is 0.543. The second-order valence-electron chi connectivity index (χ2n) is 7.63. The molecule has 5 nitrogen and oxygen atoms in total. The molecule has 0 saturated heterocycles. The summed E-state index contributed by atoms with van der Waals surface area (Å²) < 4.78 is 5.79. The van der Waals surface area contributed by atoms with E-state index >= 15 is 0 Å². The average molecular weight is 436 g/mol. The van der Waals surface area contributed by atoms with Gasteiger partial charge in [-0.15, -0.1) is 0 Å². The number of halogens is 1. The number of ketones is 1. The number of aliphatic hydroxyl groups excluding tert-OH is 1. The highest BCUT2D eigenvalue weighted by Gasteiger charge is 2.45. The SMILES string of the molecule is Cc1ccc(C2C(C(=O)CCc3ccccc3)=C(O)C(=O)N2c2ccc(C)c(Cl)c2)o1. The highest BCUT2D eigenvalue weighted by molar-refractivity contribution is 6.31. The van der Waals surface area contributed by atoms with Crippen LogP contribution in [0.3, 0.4) is 0 Å². The van der Waals surface area contributed by atoms with Gasteiger partial charge in [0.05, 0.1) is 5.57 Å². The summed E-state index contributed by atoms with van der Waals surface area (Å²) in [5.74, 6) is -0.438.